The van der Waals surface area contributed by atoms with Crippen LogP contribution in [0.5, 0.6) is 0 Å². The molecule has 1 aliphatic heterocycles. The maximum atomic E-state index is 11.9. The standard InChI is InChI=1S/C11H15BrN2O2S/c1-8-6-14(2-3-16-8)11(15)13-5-9-4-10(12)17-7-9/h4,7-8H,2-3,5-6H2,1H3,(H,13,15)/t8-/m1/s1. The largest absolute Gasteiger partial charge is 0.375 e. The van der Waals surface area contributed by atoms with E-state index in [2.05, 4.69) is 21.2 Å². The van der Waals surface area contributed by atoms with E-state index in [-0.39, 0.29) is 12.1 Å². The van der Waals surface area contributed by atoms with Gasteiger partial charge in [0.15, 0.2) is 0 Å². The maximum Gasteiger partial charge on any atom is 0.317 e. The van der Waals surface area contributed by atoms with Crippen molar-refractivity contribution in [3.05, 3.63) is 20.8 Å². The van der Waals surface area contributed by atoms with Crippen molar-refractivity contribution in [1.82, 2.24) is 10.2 Å². The summed E-state index contributed by atoms with van der Waals surface area (Å²) in [6, 6.07) is 2.01. The molecular formula is C11H15BrN2O2S. The number of halogens is 1. The molecule has 0 bridgehead atoms. The fraction of sp³-hybridized carbons (Fsp3) is 0.545. The number of rotatable bonds is 2. The Bertz CT molecular complexity index is 397. The summed E-state index contributed by atoms with van der Waals surface area (Å²) in [6.07, 6.45) is 0.129. The molecule has 0 aromatic carbocycles. The third kappa shape index (κ3) is 3.69. The Morgan fingerprint density at radius 2 is 2.59 bits per heavy atom. The number of carbonyl (C=O) groups excluding carboxylic acids is 1. The zero-order valence-electron chi connectivity index (χ0n) is 9.61. The Kier molecular flexibility index (Phi) is 4.42. The molecule has 0 radical (unpaired) electrons. The number of urea groups is 1. The Morgan fingerprint density at radius 3 is 3.24 bits per heavy atom. The van der Waals surface area contributed by atoms with Gasteiger partial charge in [0, 0.05) is 19.6 Å². The molecule has 0 saturated carbocycles. The zero-order chi connectivity index (χ0) is 12.3. The number of hydrogen-bond donors (Lipinski definition) is 1. The van der Waals surface area contributed by atoms with Crippen LogP contribution in [0.25, 0.3) is 0 Å². The van der Waals surface area contributed by atoms with Gasteiger partial charge in [-0.25, -0.2) is 4.79 Å². The molecule has 2 rings (SSSR count). The third-order valence-electron chi connectivity index (χ3n) is 2.59. The van der Waals surface area contributed by atoms with Gasteiger partial charge in [-0.1, -0.05) is 0 Å². The van der Waals surface area contributed by atoms with E-state index >= 15 is 0 Å². The van der Waals surface area contributed by atoms with Gasteiger partial charge in [-0.3, -0.25) is 0 Å². The number of thiophene rings is 1. The smallest absolute Gasteiger partial charge is 0.317 e. The molecule has 1 aliphatic rings. The average Bonchev–Trinajstić information content (AvgIpc) is 2.72. The molecule has 17 heavy (non-hydrogen) atoms. The van der Waals surface area contributed by atoms with Crippen molar-refractivity contribution >= 4 is 33.3 Å². The summed E-state index contributed by atoms with van der Waals surface area (Å²) in [7, 11) is 0. The lowest BCUT2D eigenvalue weighted by Gasteiger charge is -2.31. The summed E-state index contributed by atoms with van der Waals surface area (Å²) in [5.41, 5.74) is 1.12. The van der Waals surface area contributed by atoms with Gasteiger partial charge in [0.1, 0.15) is 0 Å². The number of nitrogens with one attached hydrogen (secondary N) is 1. The molecule has 0 unspecified atom stereocenters. The lowest BCUT2D eigenvalue weighted by atomic mass is 10.3. The Labute approximate surface area is 113 Å². The first kappa shape index (κ1) is 12.9. The number of carbonyl (C=O) groups is 1. The second-order valence-corrected chi connectivity index (χ2v) is 6.34. The van der Waals surface area contributed by atoms with Crippen LogP contribution in [-0.2, 0) is 11.3 Å². The lowest BCUT2D eigenvalue weighted by molar-refractivity contribution is -0.00351. The SMILES string of the molecule is C[C@@H]1CN(C(=O)NCc2csc(Br)c2)CCO1. The van der Waals surface area contributed by atoms with Gasteiger partial charge < -0.3 is 15.0 Å². The molecule has 0 aliphatic carbocycles. The minimum Gasteiger partial charge on any atom is -0.375 e. The van der Waals surface area contributed by atoms with Crippen LogP contribution in [0, 0.1) is 0 Å². The predicted molar refractivity (Wildman–Crippen MR) is 71.2 cm³/mol. The highest BCUT2D eigenvalue weighted by Gasteiger charge is 2.20. The summed E-state index contributed by atoms with van der Waals surface area (Å²) in [5.74, 6) is 0. The first-order valence-corrected chi connectivity index (χ1v) is 7.19. The van der Waals surface area contributed by atoms with Gasteiger partial charge in [0.25, 0.3) is 0 Å². The van der Waals surface area contributed by atoms with Crippen LogP contribution in [0.15, 0.2) is 15.2 Å². The number of hydrogen-bond acceptors (Lipinski definition) is 3. The van der Waals surface area contributed by atoms with Crippen LogP contribution in [0.4, 0.5) is 4.79 Å². The van der Waals surface area contributed by atoms with E-state index in [1.54, 1.807) is 16.2 Å². The molecule has 1 atom stereocenters. The number of ether oxygens (including phenoxy) is 1. The van der Waals surface area contributed by atoms with Gasteiger partial charge >= 0.3 is 6.03 Å². The fourth-order valence-electron chi connectivity index (χ4n) is 1.73. The van der Waals surface area contributed by atoms with E-state index in [4.69, 9.17) is 4.74 Å². The lowest BCUT2D eigenvalue weighted by Crippen LogP contribution is -2.48. The van der Waals surface area contributed by atoms with E-state index in [0.717, 1.165) is 9.35 Å². The topological polar surface area (TPSA) is 41.6 Å². The Hall–Kier alpha value is -0.590. The Balaban J connectivity index is 1.80. The van der Waals surface area contributed by atoms with E-state index in [1.165, 1.54) is 0 Å². The zero-order valence-corrected chi connectivity index (χ0v) is 12.0. The van der Waals surface area contributed by atoms with Gasteiger partial charge in [0.2, 0.25) is 0 Å². The van der Waals surface area contributed by atoms with Crippen molar-refractivity contribution in [2.24, 2.45) is 0 Å². The summed E-state index contributed by atoms with van der Waals surface area (Å²) >= 11 is 5.03. The van der Waals surface area contributed by atoms with Crippen LogP contribution in [0.1, 0.15) is 12.5 Å². The van der Waals surface area contributed by atoms with Crippen molar-refractivity contribution in [2.45, 2.75) is 19.6 Å². The number of morpholine rings is 1. The van der Waals surface area contributed by atoms with Gasteiger partial charge in [-0.15, -0.1) is 11.3 Å². The van der Waals surface area contributed by atoms with E-state index in [0.29, 0.717) is 26.2 Å². The summed E-state index contributed by atoms with van der Waals surface area (Å²) in [4.78, 5) is 13.7. The molecule has 94 valence electrons. The molecule has 1 aromatic heterocycles. The molecule has 1 aromatic rings. The Morgan fingerprint density at radius 1 is 1.76 bits per heavy atom. The number of nitrogens with zero attached hydrogens (tertiary/aromatic N) is 1. The predicted octanol–water partition coefficient (Wildman–Crippen LogP) is 2.44. The first-order chi connectivity index (χ1) is 8.15. The molecule has 1 fully saturated rings. The molecule has 4 nitrogen and oxygen atoms in total. The second-order valence-electron chi connectivity index (χ2n) is 4.05. The molecular weight excluding hydrogens is 304 g/mol. The average molecular weight is 319 g/mol. The van der Waals surface area contributed by atoms with Gasteiger partial charge in [-0.05, 0) is 39.9 Å². The quantitative estimate of drug-likeness (QED) is 0.910. The van der Waals surface area contributed by atoms with E-state index < -0.39 is 0 Å². The number of amides is 2. The molecule has 2 heterocycles. The van der Waals surface area contributed by atoms with Crippen LogP contribution in [0.3, 0.4) is 0 Å². The van der Waals surface area contributed by atoms with Crippen LogP contribution in [0.2, 0.25) is 0 Å². The minimum atomic E-state index is -0.0116. The molecule has 1 N–H and O–H groups in total. The van der Waals surface area contributed by atoms with Gasteiger partial charge in [-0.2, -0.15) is 0 Å². The summed E-state index contributed by atoms with van der Waals surface area (Å²) in [6.45, 7) is 4.52. The minimum absolute atomic E-state index is 0.0116. The summed E-state index contributed by atoms with van der Waals surface area (Å²) in [5, 5.41) is 4.95. The van der Waals surface area contributed by atoms with Gasteiger partial charge in [0.05, 0.1) is 16.5 Å². The van der Waals surface area contributed by atoms with Crippen molar-refractivity contribution < 1.29 is 9.53 Å². The van der Waals surface area contributed by atoms with Crippen molar-refractivity contribution in [3.63, 3.8) is 0 Å². The molecule has 2 amide bonds. The summed E-state index contributed by atoms with van der Waals surface area (Å²) < 4.78 is 6.48. The second kappa shape index (κ2) is 5.84. The maximum absolute atomic E-state index is 11.9. The fourth-order valence-corrected chi connectivity index (χ4v) is 2.94. The van der Waals surface area contributed by atoms with Crippen molar-refractivity contribution in [1.29, 1.82) is 0 Å². The normalized spacial score (nSPS) is 20.4. The molecule has 0 spiro atoms. The monoisotopic (exact) mass is 318 g/mol. The molecule has 6 heteroatoms. The van der Waals surface area contributed by atoms with Crippen LogP contribution in [-0.4, -0.2) is 36.7 Å². The van der Waals surface area contributed by atoms with E-state index in [1.807, 2.05) is 18.4 Å². The highest BCUT2D eigenvalue weighted by Crippen LogP contribution is 2.20. The van der Waals surface area contributed by atoms with E-state index in [9.17, 15) is 4.79 Å². The first-order valence-electron chi connectivity index (χ1n) is 5.52. The van der Waals surface area contributed by atoms with Crippen molar-refractivity contribution in [2.75, 3.05) is 19.7 Å². The van der Waals surface area contributed by atoms with Crippen molar-refractivity contribution in [3.8, 4) is 0 Å². The highest BCUT2D eigenvalue weighted by atomic mass is 79.9. The molecule has 1 saturated heterocycles. The van der Waals surface area contributed by atoms with Crippen LogP contribution < -0.4 is 5.32 Å². The highest BCUT2D eigenvalue weighted by molar-refractivity contribution is 9.11. The van der Waals surface area contributed by atoms with Crippen LogP contribution >= 0.6 is 27.3 Å². The third-order valence-corrected chi connectivity index (χ3v) is 4.15.